The molecule has 0 aromatic carbocycles. The zero-order chi connectivity index (χ0) is 16.7. The number of carbonyl (C=O) groups is 1. The lowest BCUT2D eigenvalue weighted by Gasteiger charge is -2.02. The van der Waals surface area contributed by atoms with E-state index < -0.39 is 15.8 Å². The number of esters is 1. The second-order valence-electron chi connectivity index (χ2n) is 5.60. The molecule has 0 unspecified atom stereocenters. The van der Waals surface area contributed by atoms with Gasteiger partial charge >= 0.3 is 5.97 Å². The molecular weight excluding hydrogens is 300 g/mol. The minimum Gasteiger partial charge on any atom is -0.463 e. The highest BCUT2D eigenvalue weighted by Gasteiger charge is 2.07. The molecule has 130 valence electrons. The van der Waals surface area contributed by atoms with Crippen molar-refractivity contribution in [1.29, 1.82) is 0 Å². The monoisotopic (exact) mass is 332 g/mol. The van der Waals surface area contributed by atoms with Crippen LogP contribution in [0.1, 0.15) is 78.1 Å². The topological polar surface area (TPSA) is 60.4 Å². The van der Waals surface area contributed by atoms with Crippen LogP contribution in [0, 0.1) is 0 Å². The van der Waals surface area contributed by atoms with E-state index in [1.54, 1.807) is 6.92 Å². The van der Waals surface area contributed by atoms with Gasteiger partial charge in [-0.05, 0) is 13.3 Å². The maximum Gasteiger partial charge on any atom is 0.331 e. The van der Waals surface area contributed by atoms with Gasteiger partial charge < -0.3 is 4.74 Å². The van der Waals surface area contributed by atoms with Crippen molar-refractivity contribution >= 4 is 15.8 Å². The van der Waals surface area contributed by atoms with Gasteiger partial charge in [-0.3, -0.25) is 0 Å². The van der Waals surface area contributed by atoms with Crippen LogP contribution in [0.25, 0.3) is 0 Å². The maximum atomic E-state index is 11.7. The lowest BCUT2D eigenvalue weighted by atomic mass is 10.1. The van der Waals surface area contributed by atoms with Crippen molar-refractivity contribution in [1.82, 2.24) is 0 Å². The standard InChI is InChI=1S/C17H32O4S/c1-3-5-6-7-8-9-10-11-12-13-15-22(19,20)16-14-17(18)21-4-2/h14,16H,3-13,15H2,1-2H3/b16-14-. The van der Waals surface area contributed by atoms with Gasteiger partial charge in [-0.1, -0.05) is 64.7 Å². The predicted molar refractivity (Wildman–Crippen MR) is 91.4 cm³/mol. The fraction of sp³-hybridized carbons (Fsp3) is 0.824. The first-order valence-corrected chi connectivity index (χ1v) is 10.3. The molecule has 0 saturated heterocycles. The Bertz CT molecular complexity index is 399. The number of carbonyl (C=O) groups excluding carboxylic acids is 1. The van der Waals surface area contributed by atoms with Gasteiger partial charge in [0.15, 0.2) is 9.84 Å². The number of hydrogen-bond acceptors (Lipinski definition) is 4. The van der Waals surface area contributed by atoms with Gasteiger partial charge in [-0.2, -0.15) is 0 Å². The van der Waals surface area contributed by atoms with E-state index in [4.69, 9.17) is 0 Å². The molecule has 0 aromatic rings. The summed E-state index contributed by atoms with van der Waals surface area (Å²) in [6.07, 6.45) is 12.7. The van der Waals surface area contributed by atoms with Gasteiger partial charge in [0.1, 0.15) is 0 Å². The van der Waals surface area contributed by atoms with Crippen molar-refractivity contribution in [2.75, 3.05) is 12.4 Å². The first kappa shape index (κ1) is 21.2. The van der Waals surface area contributed by atoms with Crippen molar-refractivity contribution in [2.45, 2.75) is 78.1 Å². The minimum absolute atomic E-state index is 0.111. The van der Waals surface area contributed by atoms with Gasteiger partial charge in [0.05, 0.1) is 12.4 Å². The Morgan fingerprint density at radius 3 is 1.86 bits per heavy atom. The molecular formula is C17H32O4S. The molecule has 0 spiro atoms. The van der Waals surface area contributed by atoms with Crippen molar-refractivity contribution in [3.63, 3.8) is 0 Å². The molecule has 0 bridgehead atoms. The molecule has 0 N–H and O–H groups in total. The molecule has 0 aliphatic carbocycles. The smallest absolute Gasteiger partial charge is 0.331 e. The number of sulfone groups is 1. The fourth-order valence-electron chi connectivity index (χ4n) is 2.21. The molecule has 0 saturated carbocycles. The summed E-state index contributed by atoms with van der Waals surface area (Å²) >= 11 is 0. The van der Waals surface area contributed by atoms with Gasteiger partial charge in [0.25, 0.3) is 0 Å². The first-order valence-electron chi connectivity index (χ1n) is 8.59. The van der Waals surface area contributed by atoms with Crippen molar-refractivity contribution < 1.29 is 17.9 Å². The summed E-state index contributed by atoms with van der Waals surface area (Å²) in [5.41, 5.74) is 0. The molecule has 0 amide bonds. The molecule has 0 radical (unpaired) electrons. The van der Waals surface area contributed by atoms with E-state index in [2.05, 4.69) is 11.7 Å². The number of ether oxygens (including phenoxy) is 1. The largest absolute Gasteiger partial charge is 0.463 e. The molecule has 22 heavy (non-hydrogen) atoms. The Morgan fingerprint density at radius 2 is 1.36 bits per heavy atom. The van der Waals surface area contributed by atoms with Gasteiger partial charge in [-0.15, -0.1) is 0 Å². The molecule has 0 fully saturated rings. The van der Waals surface area contributed by atoms with Crippen LogP contribution in [0.5, 0.6) is 0 Å². The molecule has 5 heteroatoms. The average molecular weight is 333 g/mol. The second-order valence-corrected chi connectivity index (χ2v) is 7.61. The zero-order valence-electron chi connectivity index (χ0n) is 14.2. The lowest BCUT2D eigenvalue weighted by Crippen LogP contribution is -2.05. The highest BCUT2D eigenvalue weighted by atomic mass is 32.2. The van der Waals surface area contributed by atoms with E-state index in [-0.39, 0.29) is 12.4 Å². The summed E-state index contributed by atoms with van der Waals surface area (Å²) < 4.78 is 28.0. The molecule has 0 atom stereocenters. The summed E-state index contributed by atoms with van der Waals surface area (Å²) in [4.78, 5) is 11.1. The van der Waals surface area contributed by atoms with Gasteiger partial charge in [-0.25, -0.2) is 13.2 Å². The Kier molecular flexibility index (Phi) is 13.3. The van der Waals surface area contributed by atoms with Crippen LogP contribution >= 0.6 is 0 Å². The summed E-state index contributed by atoms with van der Waals surface area (Å²) in [6.45, 7) is 4.15. The van der Waals surface area contributed by atoms with Gasteiger partial charge in [0.2, 0.25) is 0 Å². The third-order valence-corrected chi connectivity index (χ3v) is 4.89. The van der Waals surface area contributed by atoms with Crippen molar-refractivity contribution in [3.05, 3.63) is 11.5 Å². The van der Waals surface area contributed by atoms with Crippen LogP contribution < -0.4 is 0 Å². The Balaban J connectivity index is 3.59. The number of unbranched alkanes of at least 4 members (excludes halogenated alkanes) is 9. The number of hydrogen-bond donors (Lipinski definition) is 0. The normalized spacial score (nSPS) is 11.9. The Morgan fingerprint density at radius 1 is 0.864 bits per heavy atom. The lowest BCUT2D eigenvalue weighted by molar-refractivity contribution is -0.137. The number of rotatable bonds is 14. The van der Waals surface area contributed by atoms with E-state index in [9.17, 15) is 13.2 Å². The fourth-order valence-corrected chi connectivity index (χ4v) is 3.27. The second kappa shape index (κ2) is 13.8. The summed E-state index contributed by atoms with van der Waals surface area (Å²) in [5, 5.41) is 0.971. The molecule has 0 aliphatic rings. The van der Waals surface area contributed by atoms with Crippen LogP contribution in [0.4, 0.5) is 0 Å². The summed E-state index contributed by atoms with van der Waals surface area (Å²) in [7, 11) is -3.28. The Hall–Kier alpha value is -0.840. The van der Waals surface area contributed by atoms with E-state index in [1.807, 2.05) is 0 Å². The summed E-state index contributed by atoms with van der Waals surface area (Å²) in [6, 6.07) is 0. The molecule has 0 aromatic heterocycles. The molecule has 0 aliphatic heterocycles. The minimum atomic E-state index is -3.28. The van der Waals surface area contributed by atoms with E-state index in [1.165, 1.54) is 44.9 Å². The van der Waals surface area contributed by atoms with E-state index in [0.29, 0.717) is 6.42 Å². The third-order valence-electron chi connectivity index (χ3n) is 3.48. The van der Waals surface area contributed by atoms with Crippen molar-refractivity contribution in [2.24, 2.45) is 0 Å². The average Bonchev–Trinajstić information content (AvgIpc) is 2.47. The van der Waals surface area contributed by atoms with Gasteiger partial charge in [0, 0.05) is 11.5 Å². The quantitative estimate of drug-likeness (QED) is 0.269. The molecule has 0 heterocycles. The summed E-state index contributed by atoms with van der Waals surface area (Å²) in [5.74, 6) is -0.492. The highest BCUT2D eigenvalue weighted by Crippen LogP contribution is 2.11. The van der Waals surface area contributed by atoms with E-state index in [0.717, 1.165) is 24.3 Å². The first-order chi connectivity index (χ1) is 10.5. The third kappa shape index (κ3) is 14.1. The molecule has 0 rings (SSSR count). The maximum absolute atomic E-state index is 11.7. The van der Waals surface area contributed by atoms with Crippen LogP contribution in [-0.2, 0) is 19.4 Å². The van der Waals surface area contributed by atoms with Crippen molar-refractivity contribution in [3.8, 4) is 0 Å². The molecule has 4 nitrogen and oxygen atoms in total. The SMILES string of the molecule is CCCCCCCCCCCCS(=O)(=O)/C=C\C(=O)OCC. The van der Waals surface area contributed by atoms with Crippen LogP contribution in [0.2, 0.25) is 0 Å². The van der Waals surface area contributed by atoms with Crippen LogP contribution in [0.15, 0.2) is 11.5 Å². The van der Waals surface area contributed by atoms with Crippen LogP contribution in [-0.4, -0.2) is 26.7 Å². The Labute approximate surface area is 136 Å². The highest BCUT2D eigenvalue weighted by molar-refractivity contribution is 7.94. The van der Waals surface area contributed by atoms with Crippen LogP contribution in [0.3, 0.4) is 0 Å². The van der Waals surface area contributed by atoms with E-state index >= 15 is 0 Å². The predicted octanol–water partition coefficient (Wildman–Crippen LogP) is 4.40. The zero-order valence-corrected chi connectivity index (χ0v) is 15.0.